The molecule has 0 aliphatic heterocycles. The number of fused-ring (bicyclic) bond motifs is 9. The minimum atomic E-state index is -0.143. The van der Waals surface area contributed by atoms with Gasteiger partial charge in [0.1, 0.15) is 0 Å². The highest BCUT2D eigenvalue weighted by Gasteiger charge is 2.38. The van der Waals surface area contributed by atoms with Crippen molar-refractivity contribution >= 4 is 59.3 Å². The van der Waals surface area contributed by atoms with Gasteiger partial charge in [-0.15, -0.1) is 11.3 Å². The maximum atomic E-state index is 2.49. The molecule has 1 nitrogen and oxygen atoms in total. The minimum absolute atomic E-state index is 0.143. The van der Waals surface area contributed by atoms with Gasteiger partial charge in [0, 0.05) is 42.5 Å². The third kappa shape index (κ3) is 7.31. The summed E-state index contributed by atoms with van der Waals surface area (Å²) in [6.45, 7) is 4.74. The molecule has 16 rings (SSSR count). The van der Waals surface area contributed by atoms with Crippen LogP contribution in [0.1, 0.15) is 25.0 Å². The van der Waals surface area contributed by atoms with Gasteiger partial charge in [-0.3, -0.25) is 0 Å². The Balaban J connectivity index is 0.882. The van der Waals surface area contributed by atoms with Crippen LogP contribution in [-0.2, 0) is 5.41 Å². The normalized spacial score (nSPS) is 12.7. The second-order valence-electron chi connectivity index (χ2n) is 22.2. The molecule has 0 saturated carbocycles. The monoisotopic (exact) mass is 1050 g/mol. The Morgan fingerprint density at radius 3 is 1.28 bits per heavy atom. The number of nitrogens with zero attached hydrogens (tertiary/aromatic N) is 1. The molecule has 0 fully saturated rings. The molecule has 380 valence electrons. The van der Waals surface area contributed by atoms with E-state index >= 15 is 0 Å². The largest absolute Gasteiger partial charge is 0.310 e. The van der Waals surface area contributed by atoms with Crippen molar-refractivity contribution in [2.24, 2.45) is 0 Å². The molecule has 0 bridgehead atoms. The van der Waals surface area contributed by atoms with E-state index in [4.69, 9.17) is 0 Å². The van der Waals surface area contributed by atoms with Gasteiger partial charge < -0.3 is 4.90 Å². The van der Waals surface area contributed by atoms with E-state index in [0.29, 0.717) is 0 Å². The van der Waals surface area contributed by atoms with E-state index in [1.807, 2.05) is 11.3 Å². The zero-order chi connectivity index (χ0) is 53.8. The van der Waals surface area contributed by atoms with Crippen molar-refractivity contribution in [3.05, 3.63) is 296 Å². The first-order valence-corrected chi connectivity index (χ1v) is 29.0. The van der Waals surface area contributed by atoms with Crippen molar-refractivity contribution in [2.75, 3.05) is 4.90 Å². The van der Waals surface area contributed by atoms with Gasteiger partial charge in [-0.1, -0.05) is 263 Å². The number of hydrogen-bond acceptors (Lipinski definition) is 2. The van der Waals surface area contributed by atoms with Crippen molar-refractivity contribution in [1.29, 1.82) is 0 Å². The van der Waals surface area contributed by atoms with Gasteiger partial charge >= 0.3 is 0 Å². The lowest BCUT2D eigenvalue weighted by molar-refractivity contribution is 0.660. The van der Waals surface area contributed by atoms with Crippen LogP contribution in [-0.4, -0.2) is 0 Å². The molecule has 0 radical (unpaired) electrons. The van der Waals surface area contributed by atoms with Gasteiger partial charge in [-0.25, -0.2) is 0 Å². The molecule has 0 amide bonds. The Labute approximate surface area is 477 Å². The fourth-order valence-electron chi connectivity index (χ4n) is 13.8. The summed E-state index contributed by atoms with van der Waals surface area (Å²) in [5.74, 6) is 0. The topological polar surface area (TPSA) is 3.24 Å². The van der Waals surface area contributed by atoms with E-state index in [1.165, 1.54) is 148 Å². The summed E-state index contributed by atoms with van der Waals surface area (Å²) in [4.78, 5) is 2.49. The number of anilines is 3. The van der Waals surface area contributed by atoms with Crippen LogP contribution in [0.5, 0.6) is 0 Å². The van der Waals surface area contributed by atoms with E-state index in [-0.39, 0.29) is 5.41 Å². The van der Waals surface area contributed by atoms with Gasteiger partial charge in [0.25, 0.3) is 0 Å². The lowest BCUT2D eigenvalue weighted by Gasteiger charge is -2.29. The first kappa shape index (κ1) is 47.2. The van der Waals surface area contributed by atoms with Crippen LogP contribution in [0.2, 0.25) is 0 Å². The Bertz CT molecular complexity index is 4670. The molecule has 0 spiro atoms. The van der Waals surface area contributed by atoms with Crippen molar-refractivity contribution in [3.8, 4) is 100 Å². The van der Waals surface area contributed by atoms with E-state index in [0.717, 1.165) is 11.4 Å². The van der Waals surface area contributed by atoms with Crippen LogP contribution >= 0.6 is 11.3 Å². The molecule has 2 heteroatoms. The van der Waals surface area contributed by atoms with Crippen LogP contribution in [0, 0.1) is 0 Å². The highest BCUT2D eigenvalue weighted by Crippen LogP contribution is 2.62. The second-order valence-corrected chi connectivity index (χ2v) is 23.2. The van der Waals surface area contributed by atoms with E-state index in [9.17, 15) is 0 Å². The van der Waals surface area contributed by atoms with Crippen LogP contribution in [0.4, 0.5) is 17.1 Å². The molecular formula is C79H53NS. The zero-order valence-electron chi connectivity index (χ0n) is 45.0. The maximum absolute atomic E-state index is 2.49. The Morgan fingerprint density at radius 2 is 0.691 bits per heavy atom. The van der Waals surface area contributed by atoms with E-state index in [2.05, 4.69) is 304 Å². The maximum Gasteiger partial charge on any atom is 0.0543 e. The number of thiophene rings is 1. The lowest BCUT2D eigenvalue weighted by atomic mass is 9.76. The molecule has 1 heterocycles. The highest BCUT2D eigenvalue weighted by atomic mass is 32.1. The second kappa shape index (κ2) is 18.6. The molecule has 0 atom stereocenters. The van der Waals surface area contributed by atoms with Gasteiger partial charge in [-0.05, 0) is 153 Å². The number of hydrogen-bond donors (Lipinski definition) is 0. The fourth-order valence-corrected chi connectivity index (χ4v) is 15.1. The third-order valence-corrected chi connectivity index (χ3v) is 18.7. The molecule has 2 aliphatic carbocycles. The Hall–Kier alpha value is -9.86. The Morgan fingerprint density at radius 1 is 0.272 bits per heavy atom. The summed E-state index contributed by atoms with van der Waals surface area (Å²) in [6, 6.07) is 106. The van der Waals surface area contributed by atoms with Crippen LogP contribution in [0.25, 0.3) is 131 Å². The van der Waals surface area contributed by atoms with Crippen molar-refractivity contribution in [2.45, 2.75) is 19.3 Å². The predicted octanol–water partition coefficient (Wildman–Crippen LogP) is 22.6. The van der Waals surface area contributed by atoms with Gasteiger partial charge in [0.15, 0.2) is 0 Å². The zero-order valence-corrected chi connectivity index (χ0v) is 45.8. The standard InChI is InChI=1S/C79H53NS/c1-79(2)66-36-17-15-31-63(66)75-67(79)37-21-38-68(75)80(57-46-42-51(43-47-57)59-32-19-34-62-60-30-16-18-39-69(60)81-78(59)62)56-44-40-50(41-45-56)58-48-49-65-74-61(58)33-20-35-64(74)76-72(54-26-11-5-12-27-54)70(52-22-7-3-8-23-52)71(53-24-9-4-10-25-53)73(77(65)76)55-28-13-6-14-29-55/h3-49H,1-2H3. The number of rotatable bonds is 9. The summed E-state index contributed by atoms with van der Waals surface area (Å²) < 4.78 is 2.64. The van der Waals surface area contributed by atoms with Crippen molar-refractivity contribution < 1.29 is 0 Å². The lowest BCUT2D eigenvalue weighted by Crippen LogP contribution is -2.16. The molecule has 0 N–H and O–H groups in total. The van der Waals surface area contributed by atoms with Gasteiger partial charge in [-0.2, -0.15) is 0 Å². The third-order valence-electron chi connectivity index (χ3n) is 17.4. The summed E-state index contributed by atoms with van der Waals surface area (Å²) in [5.41, 5.74) is 28.3. The van der Waals surface area contributed by atoms with Gasteiger partial charge in [0.05, 0.1) is 5.69 Å². The average molecular weight is 1050 g/mol. The van der Waals surface area contributed by atoms with Crippen molar-refractivity contribution in [3.63, 3.8) is 0 Å². The Kier molecular flexibility index (Phi) is 10.9. The van der Waals surface area contributed by atoms with Crippen molar-refractivity contribution in [1.82, 2.24) is 0 Å². The van der Waals surface area contributed by atoms with Gasteiger partial charge in [0.2, 0.25) is 0 Å². The smallest absolute Gasteiger partial charge is 0.0543 e. The molecular weight excluding hydrogens is 995 g/mol. The molecule has 1 aromatic heterocycles. The molecule has 0 unspecified atom stereocenters. The number of benzene rings is 13. The minimum Gasteiger partial charge on any atom is -0.310 e. The first-order valence-electron chi connectivity index (χ1n) is 28.2. The van der Waals surface area contributed by atoms with Crippen LogP contribution in [0.3, 0.4) is 0 Å². The first-order chi connectivity index (χ1) is 40.0. The summed E-state index contributed by atoms with van der Waals surface area (Å²) in [6.07, 6.45) is 0. The molecule has 14 aromatic rings. The molecule has 0 saturated heterocycles. The predicted molar refractivity (Wildman–Crippen MR) is 346 cm³/mol. The average Bonchev–Trinajstić information content (AvgIpc) is 4.36. The fraction of sp³-hybridized carbons (Fsp3) is 0.0380. The van der Waals surface area contributed by atoms with Crippen LogP contribution in [0.15, 0.2) is 285 Å². The van der Waals surface area contributed by atoms with E-state index < -0.39 is 0 Å². The summed E-state index contributed by atoms with van der Waals surface area (Å²) >= 11 is 1.88. The SMILES string of the molecule is CC1(C)c2ccccc2-c2c(N(c3ccc(-c4ccc5c6c(cccc46)-c4c(-c6ccccc6)c(-c6ccccc6)c(-c6ccccc6)c(-c6ccccc6)c4-5)cc3)c3ccc(-c4cccc5c4sc4ccccc45)cc3)cccc21. The van der Waals surface area contributed by atoms with E-state index in [1.54, 1.807) is 0 Å². The quantitative estimate of drug-likeness (QED) is 0.139. The highest BCUT2D eigenvalue weighted by molar-refractivity contribution is 7.26. The summed E-state index contributed by atoms with van der Waals surface area (Å²) in [7, 11) is 0. The molecule has 81 heavy (non-hydrogen) atoms. The summed E-state index contributed by atoms with van der Waals surface area (Å²) in [5, 5.41) is 5.17. The molecule has 13 aromatic carbocycles. The molecule has 2 aliphatic rings. The van der Waals surface area contributed by atoms with Crippen LogP contribution < -0.4 is 4.90 Å².